The highest BCUT2D eigenvalue weighted by atomic mass is 31.4. The average molecular weight is 350 g/mol. The van der Waals surface area contributed by atoms with Crippen molar-refractivity contribution < 1.29 is 0 Å². The van der Waals surface area contributed by atoms with E-state index in [1.54, 1.807) is 5.30 Å². The standard InChI is InChI=1S/C18H33BP2Si/c1-9-18-16(3)22(7,8)20(17-14-12-11-13-15-17)19(18,10-2)21(4,5)6/h11-15H,9-10H2,1-8H3. The van der Waals surface area contributed by atoms with Gasteiger partial charge in [-0.2, -0.15) is 5.47 Å². The predicted octanol–water partition coefficient (Wildman–Crippen LogP) is 6.19. The van der Waals surface area contributed by atoms with Gasteiger partial charge in [-0.05, 0) is 0 Å². The molecule has 1 heterocycles. The zero-order valence-corrected chi connectivity index (χ0v) is 18.6. The fourth-order valence-electron chi connectivity index (χ4n) is 5.15. The molecule has 0 amide bonds. The third kappa shape index (κ3) is 2.51. The Kier molecular flexibility index (Phi) is 5.19. The first kappa shape index (κ1) is 18.4. The van der Waals surface area contributed by atoms with Crippen LogP contribution in [0.2, 0.25) is 19.4 Å². The molecule has 0 nitrogen and oxygen atoms in total. The maximum atomic E-state index is 2.66. The molecule has 22 heavy (non-hydrogen) atoms. The van der Waals surface area contributed by atoms with Gasteiger partial charge in [0.05, 0.1) is 7.74 Å². The van der Waals surface area contributed by atoms with Crippen molar-refractivity contribution in [3.05, 3.63) is 41.0 Å². The van der Waals surface area contributed by atoms with Crippen LogP contribution in [0.4, 0.5) is 0 Å². The van der Waals surface area contributed by atoms with Crippen molar-refractivity contribution in [3.63, 3.8) is 0 Å². The minimum Gasteiger partial charge on any atom is -0.201 e. The Hall–Kier alpha value is 0.102. The molecule has 0 aromatic heterocycles. The Balaban J connectivity index is 2.79. The van der Waals surface area contributed by atoms with E-state index in [4.69, 9.17) is 0 Å². The van der Waals surface area contributed by atoms with Crippen LogP contribution in [0.3, 0.4) is 0 Å². The smallest absolute Gasteiger partial charge is 0.201 e. The Bertz CT molecular complexity index is 574. The molecule has 2 unspecified atom stereocenters. The molecule has 4 heteroatoms. The molecular formula is C18H33BP2Si. The molecule has 0 saturated carbocycles. The fraction of sp³-hybridized carbons (Fsp3) is 0.556. The normalized spacial score (nSPS) is 28.3. The van der Waals surface area contributed by atoms with Crippen LogP contribution in [0.1, 0.15) is 27.2 Å². The second-order valence-electron chi connectivity index (χ2n) is 8.24. The molecule has 0 N–H and O–H groups in total. The molecule has 1 aromatic rings. The van der Waals surface area contributed by atoms with Crippen LogP contribution in [-0.2, 0) is 0 Å². The van der Waals surface area contributed by atoms with Gasteiger partial charge in [0.15, 0.2) is 0 Å². The van der Waals surface area contributed by atoms with Gasteiger partial charge in [-0.25, -0.2) is 7.35 Å². The second-order valence-corrected chi connectivity index (χ2v) is 24.6. The first-order valence-electron chi connectivity index (χ1n) is 8.68. The minimum absolute atomic E-state index is 0.0271. The number of hydrogen-bond acceptors (Lipinski definition) is 0. The van der Waals surface area contributed by atoms with Crippen LogP contribution in [0, 0.1) is 0 Å². The van der Waals surface area contributed by atoms with Gasteiger partial charge in [-0.3, -0.25) is 0 Å². The van der Waals surface area contributed by atoms with E-state index >= 15 is 0 Å². The first-order valence-corrected chi connectivity index (χ1v) is 17.1. The van der Waals surface area contributed by atoms with E-state index in [0.29, 0.717) is 0 Å². The summed E-state index contributed by atoms with van der Waals surface area (Å²) in [6.07, 6.45) is 2.66. The van der Waals surface area contributed by atoms with Crippen molar-refractivity contribution in [3.8, 4) is 0 Å². The SMILES string of the molecule is CCC1=C(C)[Si](C)(C)P(c2ccccc2)[B-]1(CC)[P+](C)(C)C. The first-order chi connectivity index (χ1) is 10.1. The Morgan fingerprint density at radius 2 is 1.59 bits per heavy atom. The molecule has 2 rings (SSSR count). The topological polar surface area (TPSA) is 0 Å². The van der Waals surface area contributed by atoms with E-state index in [1.165, 1.54) is 12.7 Å². The van der Waals surface area contributed by atoms with Gasteiger partial charge in [0, 0.05) is 20.0 Å². The molecule has 1 aliphatic heterocycles. The van der Waals surface area contributed by atoms with Crippen LogP contribution in [0.5, 0.6) is 0 Å². The summed E-state index contributed by atoms with van der Waals surface area (Å²) >= 11 is 0. The molecule has 2 atom stereocenters. The van der Waals surface area contributed by atoms with Gasteiger partial charge in [0.2, 0.25) is 5.59 Å². The lowest BCUT2D eigenvalue weighted by Crippen LogP contribution is -2.42. The highest BCUT2D eigenvalue weighted by molar-refractivity contribution is 8.44. The van der Waals surface area contributed by atoms with Crippen LogP contribution < -0.4 is 5.30 Å². The maximum Gasteiger partial charge on any atom is 0.212 e. The summed E-state index contributed by atoms with van der Waals surface area (Å²) in [5.74, 6) is 0. The Labute approximate surface area is 141 Å². The molecule has 1 aromatic carbocycles. The molecule has 122 valence electrons. The van der Waals surface area contributed by atoms with Crippen LogP contribution in [0.15, 0.2) is 41.0 Å². The third-order valence-corrected chi connectivity index (χ3v) is 25.4. The van der Waals surface area contributed by atoms with Crippen LogP contribution in [0.25, 0.3) is 0 Å². The Morgan fingerprint density at radius 1 is 1.05 bits per heavy atom. The summed E-state index contributed by atoms with van der Waals surface area (Å²) in [4.78, 5) is 0. The van der Waals surface area contributed by atoms with Gasteiger partial charge >= 0.3 is 0 Å². The quantitative estimate of drug-likeness (QED) is 0.449. The minimum atomic E-state index is -1.36. The molecule has 1 aliphatic rings. The summed E-state index contributed by atoms with van der Waals surface area (Å²) in [6, 6.07) is 11.6. The van der Waals surface area contributed by atoms with E-state index in [2.05, 4.69) is 84.2 Å². The van der Waals surface area contributed by atoms with Gasteiger partial charge in [0.25, 0.3) is 0 Å². The molecule has 0 radical (unpaired) electrons. The Morgan fingerprint density at radius 3 is 2.00 bits per heavy atom. The van der Waals surface area contributed by atoms with E-state index in [9.17, 15) is 0 Å². The molecular weight excluding hydrogens is 317 g/mol. The van der Waals surface area contributed by atoms with Crippen molar-refractivity contribution in [2.75, 3.05) is 20.0 Å². The van der Waals surface area contributed by atoms with Crippen molar-refractivity contribution >= 4 is 33.1 Å². The molecule has 0 bridgehead atoms. The summed E-state index contributed by atoms with van der Waals surface area (Å²) in [5.41, 5.74) is 1.55. The van der Waals surface area contributed by atoms with E-state index in [-0.39, 0.29) is 12.9 Å². The van der Waals surface area contributed by atoms with Crippen molar-refractivity contribution in [1.29, 1.82) is 0 Å². The van der Waals surface area contributed by atoms with Crippen molar-refractivity contribution in [2.45, 2.75) is 46.6 Å². The lowest BCUT2D eigenvalue weighted by Gasteiger charge is -2.52. The predicted molar refractivity (Wildman–Crippen MR) is 114 cm³/mol. The highest BCUT2D eigenvalue weighted by Crippen LogP contribution is 2.80. The summed E-state index contributed by atoms with van der Waals surface area (Å²) in [5, 5.41) is 3.54. The number of hydrogen-bond donors (Lipinski definition) is 0. The summed E-state index contributed by atoms with van der Waals surface area (Å²) in [6.45, 7) is 20.6. The monoisotopic (exact) mass is 350 g/mol. The maximum absolute atomic E-state index is 2.66. The second kappa shape index (κ2) is 6.19. The molecule has 0 aliphatic carbocycles. The highest BCUT2D eigenvalue weighted by Gasteiger charge is 2.59. The van der Waals surface area contributed by atoms with E-state index in [0.717, 1.165) is 0 Å². The summed E-state index contributed by atoms with van der Waals surface area (Å²) < 4.78 is 0. The lowest BCUT2D eigenvalue weighted by atomic mass is 9.61. The van der Waals surface area contributed by atoms with Gasteiger partial charge < -0.3 is 0 Å². The van der Waals surface area contributed by atoms with E-state index < -0.39 is 14.9 Å². The van der Waals surface area contributed by atoms with Crippen LogP contribution >= 0.6 is 14.5 Å². The van der Waals surface area contributed by atoms with Gasteiger partial charge in [-0.1, -0.05) is 75.9 Å². The molecule has 0 spiro atoms. The van der Waals surface area contributed by atoms with Crippen molar-refractivity contribution in [1.82, 2.24) is 0 Å². The largest absolute Gasteiger partial charge is 0.212 e. The number of allylic oxidation sites excluding steroid dienone is 2. The molecule has 0 fully saturated rings. The lowest BCUT2D eigenvalue weighted by molar-refractivity contribution is 1.16. The molecule has 0 saturated heterocycles. The van der Waals surface area contributed by atoms with Gasteiger partial charge in [-0.15, -0.1) is 18.7 Å². The zero-order valence-electron chi connectivity index (χ0n) is 15.8. The number of rotatable bonds is 4. The average Bonchev–Trinajstić information content (AvgIpc) is 2.63. The fourth-order valence-corrected chi connectivity index (χ4v) is 30.1. The van der Waals surface area contributed by atoms with Crippen molar-refractivity contribution in [2.24, 2.45) is 0 Å². The van der Waals surface area contributed by atoms with E-state index in [1.807, 2.05) is 10.7 Å². The van der Waals surface area contributed by atoms with Gasteiger partial charge in [0.1, 0.15) is 0 Å². The number of benzene rings is 1. The summed E-state index contributed by atoms with van der Waals surface area (Å²) in [7, 11) is -2.33. The zero-order chi connectivity index (χ0) is 16.8. The third-order valence-electron chi connectivity index (χ3n) is 6.25. The van der Waals surface area contributed by atoms with Crippen LogP contribution in [-0.4, -0.2) is 33.3 Å².